The van der Waals surface area contributed by atoms with Crippen LogP contribution in [0.3, 0.4) is 0 Å². The van der Waals surface area contributed by atoms with E-state index in [0.29, 0.717) is 0 Å². The molecule has 0 saturated heterocycles. The van der Waals surface area contributed by atoms with Crippen molar-refractivity contribution < 1.29 is 9.53 Å². The van der Waals surface area contributed by atoms with E-state index < -0.39 is 0 Å². The van der Waals surface area contributed by atoms with Crippen molar-refractivity contribution in [1.82, 2.24) is 9.55 Å². The topological polar surface area (TPSA) is 47.4 Å². The Hall–Kier alpha value is -3.60. The summed E-state index contributed by atoms with van der Waals surface area (Å²) in [5, 5.41) is 0. The molecule has 0 bridgehead atoms. The van der Waals surface area contributed by atoms with Gasteiger partial charge in [0.05, 0.1) is 11.0 Å². The smallest absolute Gasteiger partial charge is 0.247 e. The number of para-hydroxylation sites is 3. The van der Waals surface area contributed by atoms with E-state index in [4.69, 9.17) is 9.72 Å². The minimum Gasteiger partial charge on any atom is -0.486 e. The van der Waals surface area contributed by atoms with Crippen molar-refractivity contribution in [2.75, 3.05) is 4.90 Å². The zero-order valence-corrected chi connectivity index (χ0v) is 18.2. The summed E-state index contributed by atoms with van der Waals surface area (Å²) < 4.78 is 7.95. The van der Waals surface area contributed by atoms with Gasteiger partial charge in [-0.25, -0.2) is 4.98 Å². The van der Waals surface area contributed by atoms with E-state index in [-0.39, 0.29) is 25.1 Å². The van der Waals surface area contributed by atoms with Gasteiger partial charge in [-0.15, -0.1) is 0 Å². The standard InChI is InChI=1S/C26H27N3O2/c1-19(2)29(21-9-5-4-6-10-21)26(30)17-28-24-12-8-7-11-23(24)27-25(28)18-31-22-15-13-20(3)14-16-22/h4-16,19H,17-18H2,1-3H3. The van der Waals surface area contributed by atoms with Crippen molar-refractivity contribution in [2.24, 2.45) is 0 Å². The van der Waals surface area contributed by atoms with Crippen molar-refractivity contribution in [1.29, 1.82) is 0 Å². The number of hydrogen-bond acceptors (Lipinski definition) is 3. The molecule has 0 spiro atoms. The molecular formula is C26H27N3O2. The number of fused-ring (bicyclic) bond motifs is 1. The third-order valence-corrected chi connectivity index (χ3v) is 5.24. The lowest BCUT2D eigenvalue weighted by Gasteiger charge is -2.27. The molecule has 3 aromatic carbocycles. The van der Waals surface area contributed by atoms with Crippen molar-refractivity contribution in [2.45, 2.75) is 40.0 Å². The summed E-state index contributed by atoms with van der Waals surface area (Å²) in [5.74, 6) is 1.52. The maximum absolute atomic E-state index is 13.4. The van der Waals surface area contributed by atoms with E-state index in [2.05, 4.69) is 0 Å². The molecule has 4 rings (SSSR count). The maximum atomic E-state index is 13.4. The first-order valence-corrected chi connectivity index (χ1v) is 10.5. The first kappa shape index (κ1) is 20.7. The fourth-order valence-electron chi connectivity index (χ4n) is 3.72. The number of rotatable bonds is 7. The van der Waals surface area contributed by atoms with Crippen LogP contribution >= 0.6 is 0 Å². The minimum absolute atomic E-state index is 0.0148. The zero-order chi connectivity index (χ0) is 21.8. The maximum Gasteiger partial charge on any atom is 0.247 e. The first-order chi connectivity index (χ1) is 15.0. The van der Waals surface area contributed by atoms with Crippen LogP contribution in [0.1, 0.15) is 25.2 Å². The molecule has 0 unspecified atom stereocenters. The molecule has 31 heavy (non-hydrogen) atoms. The summed E-state index contributed by atoms with van der Waals surface area (Å²) in [6.45, 7) is 6.58. The molecule has 158 valence electrons. The molecule has 0 aliphatic carbocycles. The minimum atomic E-state index is 0.0148. The van der Waals surface area contributed by atoms with Crippen LogP contribution in [0.5, 0.6) is 5.75 Å². The molecule has 4 aromatic rings. The van der Waals surface area contributed by atoms with Gasteiger partial charge in [-0.05, 0) is 57.2 Å². The normalized spacial score (nSPS) is 11.1. The highest BCUT2D eigenvalue weighted by atomic mass is 16.5. The lowest BCUT2D eigenvalue weighted by atomic mass is 10.2. The number of ether oxygens (including phenoxy) is 1. The number of carbonyl (C=O) groups excluding carboxylic acids is 1. The van der Waals surface area contributed by atoms with Gasteiger partial charge in [0.15, 0.2) is 0 Å². The Bertz CT molecular complexity index is 1160. The Morgan fingerprint density at radius 2 is 1.65 bits per heavy atom. The van der Waals surface area contributed by atoms with E-state index in [1.807, 2.05) is 109 Å². The number of amides is 1. The van der Waals surface area contributed by atoms with Gasteiger partial charge >= 0.3 is 0 Å². The number of imidazole rings is 1. The Morgan fingerprint density at radius 1 is 0.968 bits per heavy atom. The lowest BCUT2D eigenvalue weighted by Crippen LogP contribution is -2.39. The second kappa shape index (κ2) is 9.04. The summed E-state index contributed by atoms with van der Waals surface area (Å²) in [5.41, 5.74) is 3.85. The number of nitrogens with zero attached hydrogens (tertiary/aromatic N) is 3. The Morgan fingerprint density at radius 3 is 2.35 bits per heavy atom. The third kappa shape index (κ3) is 4.61. The predicted octanol–water partition coefficient (Wildman–Crippen LogP) is 5.37. The molecule has 0 atom stereocenters. The average Bonchev–Trinajstić information content (AvgIpc) is 3.11. The molecule has 0 N–H and O–H groups in total. The largest absolute Gasteiger partial charge is 0.486 e. The molecule has 5 nitrogen and oxygen atoms in total. The third-order valence-electron chi connectivity index (χ3n) is 5.24. The molecule has 0 saturated carbocycles. The summed E-state index contributed by atoms with van der Waals surface area (Å²) in [6.07, 6.45) is 0. The van der Waals surface area contributed by atoms with Crippen molar-refractivity contribution in [3.63, 3.8) is 0 Å². The van der Waals surface area contributed by atoms with Crippen LogP contribution < -0.4 is 9.64 Å². The fraction of sp³-hybridized carbons (Fsp3) is 0.231. The molecule has 1 amide bonds. The van der Waals surface area contributed by atoms with Crippen LogP contribution in [-0.4, -0.2) is 21.5 Å². The van der Waals surface area contributed by atoms with Crippen LogP contribution in [0.4, 0.5) is 5.69 Å². The van der Waals surface area contributed by atoms with E-state index >= 15 is 0 Å². The van der Waals surface area contributed by atoms with Crippen LogP contribution in [0.25, 0.3) is 11.0 Å². The van der Waals surface area contributed by atoms with Gasteiger partial charge in [-0.2, -0.15) is 0 Å². The summed E-state index contributed by atoms with van der Waals surface area (Å²) in [6, 6.07) is 25.6. The van der Waals surface area contributed by atoms with E-state index in [9.17, 15) is 4.79 Å². The number of hydrogen-bond donors (Lipinski definition) is 0. The first-order valence-electron chi connectivity index (χ1n) is 10.5. The van der Waals surface area contributed by atoms with Crippen molar-refractivity contribution in [3.05, 3.63) is 90.3 Å². The van der Waals surface area contributed by atoms with Crippen LogP contribution in [0.2, 0.25) is 0 Å². The second-order valence-electron chi connectivity index (χ2n) is 7.90. The molecule has 1 heterocycles. The van der Waals surface area contributed by atoms with Gasteiger partial charge in [-0.1, -0.05) is 48.0 Å². The van der Waals surface area contributed by atoms with Crippen LogP contribution in [-0.2, 0) is 17.9 Å². The highest BCUT2D eigenvalue weighted by Crippen LogP contribution is 2.22. The molecule has 5 heteroatoms. The Balaban J connectivity index is 1.63. The SMILES string of the molecule is Cc1ccc(OCc2nc3ccccc3n2CC(=O)N(c2ccccc2)C(C)C)cc1. The van der Waals surface area contributed by atoms with E-state index in [1.165, 1.54) is 5.56 Å². The highest BCUT2D eigenvalue weighted by Gasteiger charge is 2.22. The fourth-order valence-corrected chi connectivity index (χ4v) is 3.72. The van der Waals surface area contributed by atoms with E-state index in [0.717, 1.165) is 28.3 Å². The van der Waals surface area contributed by atoms with Gasteiger partial charge in [0, 0.05) is 11.7 Å². The van der Waals surface area contributed by atoms with Gasteiger partial charge in [-0.3, -0.25) is 4.79 Å². The number of anilines is 1. The van der Waals surface area contributed by atoms with Gasteiger partial charge < -0.3 is 14.2 Å². The summed E-state index contributed by atoms with van der Waals surface area (Å²) >= 11 is 0. The average molecular weight is 414 g/mol. The second-order valence-corrected chi connectivity index (χ2v) is 7.90. The summed E-state index contributed by atoms with van der Waals surface area (Å²) in [7, 11) is 0. The number of carbonyl (C=O) groups is 1. The van der Waals surface area contributed by atoms with Gasteiger partial charge in [0.1, 0.15) is 24.7 Å². The molecular weight excluding hydrogens is 386 g/mol. The quantitative estimate of drug-likeness (QED) is 0.409. The predicted molar refractivity (Wildman–Crippen MR) is 124 cm³/mol. The highest BCUT2D eigenvalue weighted by molar-refractivity contribution is 5.94. The molecule has 0 aliphatic rings. The molecule has 0 aliphatic heterocycles. The van der Waals surface area contributed by atoms with Crippen molar-refractivity contribution >= 4 is 22.6 Å². The Kier molecular flexibility index (Phi) is 6.03. The Labute approximate surface area is 182 Å². The van der Waals surface area contributed by atoms with Crippen LogP contribution in [0, 0.1) is 6.92 Å². The van der Waals surface area contributed by atoms with Gasteiger partial charge in [0.2, 0.25) is 5.91 Å². The van der Waals surface area contributed by atoms with Crippen LogP contribution in [0.15, 0.2) is 78.9 Å². The monoisotopic (exact) mass is 413 g/mol. The van der Waals surface area contributed by atoms with Crippen molar-refractivity contribution in [3.8, 4) is 5.75 Å². The zero-order valence-electron chi connectivity index (χ0n) is 18.2. The molecule has 1 aromatic heterocycles. The van der Waals surface area contributed by atoms with Gasteiger partial charge in [0.25, 0.3) is 0 Å². The lowest BCUT2D eigenvalue weighted by molar-refractivity contribution is -0.119. The molecule has 0 radical (unpaired) electrons. The summed E-state index contributed by atoms with van der Waals surface area (Å²) in [4.78, 5) is 20.0. The number of aromatic nitrogens is 2. The van der Waals surface area contributed by atoms with E-state index in [1.54, 1.807) is 0 Å². The molecule has 0 fully saturated rings. The number of benzene rings is 3. The number of aryl methyl sites for hydroxylation is 1.